The standard InChI is InChI=1S/C10H22N2O2Si/c1-10(2,3)15(4,5)13-7-8-6-12-9(11)14-8/h8H,6-7H2,1-5H3,(H2,11,12)/t8-/m0/s1. The first-order valence-electron chi connectivity index (χ1n) is 5.33. The van der Waals surface area contributed by atoms with Crippen molar-refractivity contribution in [2.45, 2.75) is 45.0 Å². The van der Waals surface area contributed by atoms with Crippen molar-refractivity contribution in [1.29, 1.82) is 0 Å². The topological polar surface area (TPSA) is 56.8 Å². The second-order valence-electron chi connectivity index (χ2n) is 5.49. The van der Waals surface area contributed by atoms with Crippen molar-refractivity contribution in [2.75, 3.05) is 13.2 Å². The molecule has 0 aliphatic carbocycles. The number of hydrogen-bond acceptors (Lipinski definition) is 4. The van der Waals surface area contributed by atoms with Crippen molar-refractivity contribution >= 4 is 14.3 Å². The molecule has 1 rings (SSSR count). The van der Waals surface area contributed by atoms with Gasteiger partial charge in [-0.3, -0.25) is 0 Å². The average molecular weight is 230 g/mol. The molecule has 1 atom stereocenters. The van der Waals surface area contributed by atoms with E-state index in [4.69, 9.17) is 14.9 Å². The van der Waals surface area contributed by atoms with E-state index in [0.717, 1.165) is 0 Å². The summed E-state index contributed by atoms with van der Waals surface area (Å²) in [4.78, 5) is 3.99. The van der Waals surface area contributed by atoms with Gasteiger partial charge in [0.05, 0.1) is 13.2 Å². The molecule has 2 N–H and O–H groups in total. The molecule has 0 radical (unpaired) electrons. The van der Waals surface area contributed by atoms with Crippen LogP contribution in [-0.2, 0) is 9.16 Å². The Hall–Kier alpha value is -0.553. The molecule has 0 bridgehead atoms. The van der Waals surface area contributed by atoms with E-state index < -0.39 is 8.32 Å². The van der Waals surface area contributed by atoms with Crippen LogP contribution in [0.15, 0.2) is 4.99 Å². The highest BCUT2D eigenvalue weighted by atomic mass is 28.4. The van der Waals surface area contributed by atoms with E-state index in [1.54, 1.807) is 0 Å². The first-order valence-corrected chi connectivity index (χ1v) is 8.24. The molecule has 0 aromatic carbocycles. The Morgan fingerprint density at radius 2 is 2.13 bits per heavy atom. The summed E-state index contributed by atoms with van der Waals surface area (Å²) in [6.45, 7) is 12.3. The predicted molar refractivity (Wildman–Crippen MR) is 64.5 cm³/mol. The Balaban J connectivity index is 2.38. The molecule has 0 fully saturated rings. The molecule has 0 saturated carbocycles. The Morgan fingerprint density at radius 3 is 2.53 bits per heavy atom. The minimum Gasteiger partial charge on any atom is -0.458 e. The average Bonchev–Trinajstić information content (AvgIpc) is 2.46. The molecule has 88 valence electrons. The number of rotatable bonds is 3. The quantitative estimate of drug-likeness (QED) is 0.751. The van der Waals surface area contributed by atoms with Crippen LogP contribution in [-0.4, -0.2) is 33.6 Å². The fraction of sp³-hybridized carbons (Fsp3) is 0.900. The molecule has 0 amide bonds. The molecule has 0 spiro atoms. The first kappa shape index (κ1) is 12.5. The van der Waals surface area contributed by atoms with E-state index in [2.05, 4.69) is 38.9 Å². The van der Waals surface area contributed by atoms with Gasteiger partial charge in [-0.15, -0.1) is 0 Å². The Labute approximate surface area is 93.0 Å². The van der Waals surface area contributed by atoms with Gasteiger partial charge in [-0.2, -0.15) is 0 Å². The van der Waals surface area contributed by atoms with Gasteiger partial charge in [0.2, 0.25) is 0 Å². The highest BCUT2D eigenvalue weighted by Gasteiger charge is 2.38. The molecule has 0 saturated heterocycles. The lowest BCUT2D eigenvalue weighted by atomic mass is 10.2. The minimum absolute atomic E-state index is 0.0131. The van der Waals surface area contributed by atoms with E-state index in [1.165, 1.54) is 0 Å². The van der Waals surface area contributed by atoms with Crippen LogP contribution >= 0.6 is 0 Å². The summed E-state index contributed by atoms with van der Waals surface area (Å²) in [5.41, 5.74) is 5.43. The molecule has 1 aliphatic rings. The van der Waals surface area contributed by atoms with Gasteiger partial charge in [-0.1, -0.05) is 20.8 Å². The Kier molecular flexibility index (Phi) is 3.45. The third-order valence-electron chi connectivity index (χ3n) is 3.17. The van der Waals surface area contributed by atoms with Gasteiger partial charge in [-0.25, -0.2) is 4.99 Å². The van der Waals surface area contributed by atoms with Gasteiger partial charge in [0.1, 0.15) is 6.10 Å². The van der Waals surface area contributed by atoms with Gasteiger partial charge in [0.25, 0.3) is 6.02 Å². The number of amidine groups is 1. The van der Waals surface area contributed by atoms with Crippen LogP contribution < -0.4 is 5.73 Å². The lowest BCUT2D eigenvalue weighted by Crippen LogP contribution is -2.43. The maximum Gasteiger partial charge on any atom is 0.282 e. The van der Waals surface area contributed by atoms with E-state index in [1.807, 2.05) is 0 Å². The molecular formula is C10H22N2O2Si. The Morgan fingerprint density at radius 1 is 1.53 bits per heavy atom. The largest absolute Gasteiger partial charge is 0.458 e. The van der Waals surface area contributed by atoms with Crippen molar-refractivity contribution in [1.82, 2.24) is 0 Å². The summed E-state index contributed by atoms with van der Waals surface area (Å²) in [7, 11) is -1.67. The van der Waals surface area contributed by atoms with E-state index in [0.29, 0.717) is 19.2 Å². The lowest BCUT2D eigenvalue weighted by Gasteiger charge is -2.36. The van der Waals surface area contributed by atoms with Crippen molar-refractivity contribution in [3.8, 4) is 0 Å². The summed E-state index contributed by atoms with van der Waals surface area (Å²) in [5.74, 6) is 0. The Bertz CT molecular complexity index is 259. The SMILES string of the molecule is CC(C)(C)[Si](C)(C)OC[C@@H]1CN=C(N)O1. The molecule has 0 unspecified atom stereocenters. The summed E-state index contributed by atoms with van der Waals surface area (Å²) in [6, 6.07) is 0.291. The molecule has 0 aromatic heterocycles. The summed E-state index contributed by atoms with van der Waals surface area (Å²) in [5, 5.41) is 0.234. The maximum absolute atomic E-state index is 6.01. The van der Waals surface area contributed by atoms with Crippen LogP contribution in [0.2, 0.25) is 18.1 Å². The normalized spacial score (nSPS) is 22.5. The highest BCUT2D eigenvalue weighted by molar-refractivity contribution is 6.74. The smallest absolute Gasteiger partial charge is 0.282 e. The fourth-order valence-corrected chi connectivity index (χ4v) is 2.08. The van der Waals surface area contributed by atoms with Crippen molar-refractivity contribution < 1.29 is 9.16 Å². The second kappa shape index (κ2) is 4.13. The van der Waals surface area contributed by atoms with Crippen molar-refractivity contribution in [2.24, 2.45) is 10.7 Å². The molecular weight excluding hydrogens is 208 g/mol. The van der Waals surface area contributed by atoms with E-state index in [-0.39, 0.29) is 11.1 Å². The van der Waals surface area contributed by atoms with E-state index >= 15 is 0 Å². The summed E-state index contributed by atoms with van der Waals surface area (Å²) in [6.07, 6.45) is 0.0131. The van der Waals surface area contributed by atoms with Gasteiger partial charge in [-0.05, 0) is 18.1 Å². The predicted octanol–water partition coefficient (Wildman–Crippen LogP) is 1.72. The van der Waals surface area contributed by atoms with Crippen molar-refractivity contribution in [3.05, 3.63) is 0 Å². The molecule has 1 heterocycles. The van der Waals surface area contributed by atoms with Crippen LogP contribution in [0.4, 0.5) is 0 Å². The number of nitrogens with zero attached hydrogens (tertiary/aromatic N) is 1. The van der Waals surface area contributed by atoms with E-state index in [9.17, 15) is 0 Å². The summed E-state index contributed by atoms with van der Waals surface area (Å²) >= 11 is 0. The molecule has 15 heavy (non-hydrogen) atoms. The third-order valence-corrected chi connectivity index (χ3v) is 7.68. The van der Waals surface area contributed by atoms with Crippen LogP contribution in [0.25, 0.3) is 0 Å². The van der Waals surface area contributed by atoms with Crippen LogP contribution in [0.5, 0.6) is 0 Å². The first-order chi connectivity index (χ1) is 6.72. The number of ether oxygens (including phenoxy) is 1. The lowest BCUT2D eigenvalue weighted by molar-refractivity contribution is 0.132. The summed E-state index contributed by atoms with van der Waals surface area (Å²) < 4.78 is 11.3. The maximum atomic E-state index is 6.01. The molecule has 0 aromatic rings. The van der Waals surface area contributed by atoms with Gasteiger partial charge < -0.3 is 14.9 Å². The second-order valence-corrected chi connectivity index (χ2v) is 10.3. The number of nitrogens with two attached hydrogens (primary N) is 1. The molecule has 4 nitrogen and oxygen atoms in total. The highest BCUT2D eigenvalue weighted by Crippen LogP contribution is 2.36. The van der Waals surface area contributed by atoms with Gasteiger partial charge >= 0.3 is 0 Å². The minimum atomic E-state index is -1.67. The zero-order chi connectivity index (χ0) is 11.7. The molecule has 5 heteroatoms. The number of aliphatic imine (C=N–C) groups is 1. The van der Waals surface area contributed by atoms with Crippen LogP contribution in [0.3, 0.4) is 0 Å². The monoisotopic (exact) mass is 230 g/mol. The third kappa shape index (κ3) is 3.20. The zero-order valence-corrected chi connectivity index (χ0v) is 11.3. The van der Waals surface area contributed by atoms with Crippen LogP contribution in [0.1, 0.15) is 20.8 Å². The number of hydrogen-bond donors (Lipinski definition) is 1. The van der Waals surface area contributed by atoms with Gasteiger partial charge in [0, 0.05) is 0 Å². The molecule has 1 aliphatic heterocycles. The van der Waals surface area contributed by atoms with Crippen molar-refractivity contribution in [3.63, 3.8) is 0 Å². The van der Waals surface area contributed by atoms with Gasteiger partial charge in [0.15, 0.2) is 8.32 Å². The van der Waals surface area contributed by atoms with Crippen LogP contribution in [0, 0.1) is 0 Å². The fourth-order valence-electron chi connectivity index (χ4n) is 1.04. The zero-order valence-electron chi connectivity index (χ0n) is 10.3.